The number of amides is 1. The Morgan fingerprint density at radius 3 is 2.66 bits per heavy atom. The van der Waals surface area contributed by atoms with Crippen molar-refractivity contribution < 1.29 is 14.5 Å². The number of hydrogen-bond donors (Lipinski definition) is 2. The van der Waals surface area contributed by atoms with Gasteiger partial charge in [0.05, 0.1) is 23.8 Å². The van der Waals surface area contributed by atoms with E-state index in [2.05, 4.69) is 15.6 Å². The molecule has 2 aromatic carbocycles. The first kappa shape index (κ1) is 21.8. The van der Waals surface area contributed by atoms with Crippen molar-refractivity contribution in [3.05, 3.63) is 69.6 Å². The predicted octanol–water partition coefficient (Wildman–Crippen LogP) is 3.68. The van der Waals surface area contributed by atoms with Gasteiger partial charge in [0.25, 0.3) is 11.6 Å². The number of carbonyl (C=O) groups is 1. The first-order chi connectivity index (χ1) is 15.5. The molecule has 2 heterocycles. The average molecular weight is 470 g/mol. The Labute approximate surface area is 193 Å². The largest absolute Gasteiger partial charge is 0.378 e. The van der Waals surface area contributed by atoms with E-state index < -0.39 is 10.8 Å². The Kier molecular flexibility index (Phi) is 6.69. The maximum absolute atomic E-state index is 12.6. The normalized spacial score (nSPS) is 13.4. The van der Waals surface area contributed by atoms with E-state index in [0.29, 0.717) is 37.1 Å². The van der Waals surface area contributed by atoms with Crippen molar-refractivity contribution >= 4 is 51.1 Å². The highest BCUT2D eigenvalue weighted by atomic mass is 32.1. The molecule has 11 heteroatoms. The fourth-order valence-corrected chi connectivity index (χ4v) is 4.24. The van der Waals surface area contributed by atoms with Gasteiger partial charge in [-0.05, 0) is 24.4 Å². The molecule has 0 atom stereocenters. The predicted molar refractivity (Wildman–Crippen MR) is 127 cm³/mol. The molecule has 1 aromatic heterocycles. The highest BCUT2D eigenvalue weighted by Gasteiger charge is 2.23. The minimum absolute atomic E-state index is 0.0591. The monoisotopic (exact) mass is 469 g/mol. The van der Waals surface area contributed by atoms with Crippen molar-refractivity contribution in [3.63, 3.8) is 0 Å². The van der Waals surface area contributed by atoms with Gasteiger partial charge in [0.15, 0.2) is 10.2 Å². The van der Waals surface area contributed by atoms with Crippen LogP contribution in [0.1, 0.15) is 10.4 Å². The van der Waals surface area contributed by atoms with Crippen LogP contribution in [-0.2, 0) is 4.74 Å². The Hall–Kier alpha value is -3.41. The number of anilines is 2. The lowest BCUT2D eigenvalue weighted by Crippen LogP contribution is -2.37. The Bertz CT molecular complexity index is 1150. The summed E-state index contributed by atoms with van der Waals surface area (Å²) in [7, 11) is 0. The molecule has 3 aromatic rings. The number of ether oxygens (including phenoxy) is 1. The lowest BCUT2D eigenvalue weighted by Gasteiger charge is -2.28. The van der Waals surface area contributed by atoms with E-state index in [1.54, 1.807) is 12.1 Å². The molecule has 2 N–H and O–H groups in total. The van der Waals surface area contributed by atoms with E-state index >= 15 is 0 Å². The van der Waals surface area contributed by atoms with Crippen LogP contribution in [0.2, 0.25) is 0 Å². The van der Waals surface area contributed by atoms with Crippen molar-refractivity contribution in [2.45, 2.75) is 0 Å². The molecule has 0 aliphatic carbocycles. The third kappa shape index (κ3) is 5.07. The molecule has 1 amide bonds. The maximum atomic E-state index is 12.6. The zero-order chi connectivity index (χ0) is 22.5. The van der Waals surface area contributed by atoms with Crippen molar-refractivity contribution in [1.29, 1.82) is 0 Å². The van der Waals surface area contributed by atoms with Crippen LogP contribution in [0.3, 0.4) is 0 Å². The van der Waals surface area contributed by atoms with Gasteiger partial charge in [0.1, 0.15) is 5.69 Å². The molecule has 0 saturated carbocycles. The van der Waals surface area contributed by atoms with Gasteiger partial charge in [-0.25, -0.2) is 4.98 Å². The first-order valence-corrected chi connectivity index (χ1v) is 11.0. The number of hydrogen-bond acceptors (Lipinski definition) is 8. The number of nitro groups is 1. The number of benzene rings is 2. The molecule has 0 spiro atoms. The van der Waals surface area contributed by atoms with Gasteiger partial charge in [-0.15, -0.1) is 11.3 Å². The molecule has 32 heavy (non-hydrogen) atoms. The molecule has 0 unspecified atom stereocenters. The summed E-state index contributed by atoms with van der Waals surface area (Å²) in [5, 5.41) is 19.5. The van der Waals surface area contributed by atoms with Crippen molar-refractivity contribution in [3.8, 4) is 11.3 Å². The molecule has 4 rings (SSSR count). The van der Waals surface area contributed by atoms with Crippen LogP contribution in [0.15, 0.2) is 53.9 Å². The molecular weight excluding hydrogens is 450 g/mol. The minimum Gasteiger partial charge on any atom is -0.378 e. The standard InChI is InChI=1S/C21H19N5O4S2/c27-19(15-6-7-17(18(12-15)26(28)29)25-8-10-30-11-9-25)23-20(31)24-21-22-16(13-32-21)14-4-2-1-3-5-14/h1-7,12-13H,8-11H2,(H2,22,23,24,27,31). The summed E-state index contributed by atoms with van der Waals surface area (Å²) in [4.78, 5) is 30.1. The van der Waals surface area contributed by atoms with Crippen molar-refractivity contribution in [1.82, 2.24) is 10.3 Å². The molecule has 0 bridgehead atoms. The van der Waals surface area contributed by atoms with E-state index in [9.17, 15) is 14.9 Å². The van der Waals surface area contributed by atoms with Gasteiger partial charge in [-0.2, -0.15) is 0 Å². The molecular formula is C21H19N5O4S2. The van der Waals surface area contributed by atoms with E-state index in [1.165, 1.54) is 17.4 Å². The summed E-state index contributed by atoms with van der Waals surface area (Å²) in [5.41, 5.74) is 2.24. The van der Waals surface area contributed by atoms with E-state index in [4.69, 9.17) is 17.0 Å². The second-order valence-corrected chi connectivity index (χ2v) is 8.14. The summed E-state index contributed by atoms with van der Waals surface area (Å²) in [6.07, 6.45) is 0. The number of thiocarbonyl (C=S) groups is 1. The third-order valence-corrected chi connectivity index (χ3v) is 5.77. The molecule has 1 aliphatic heterocycles. The lowest BCUT2D eigenvalue weighted by molar-refractivity contribution is -0.384. The van der Waals surface area contributed by atoms with Gasteiger partial charge in [-0.3, -0.25) is 20.2 Å². The lowest BCUT2D eigenvalue weighted by atomic mass is 10.1. The highest BCUT2D eigenvalue weighted by molar-refractivity contribution is 7.80. The minimum atomic E-state index is -0.543. The summed E-state index contributed by atoms with van der Waals surface area (Å²) in [6.45, 7) is 2.11. The number of thiazole rings is 1. The number of carbonyl (C=O) groups excluding carboxylic acids is 1. The molecule has 164 valence electrons. The summed E-state index contributed by atoms with van der Waals surface area (Å²) >= 11 is 6.57. The third-order valence-electron chi connectivity index (χ3n) is 4.81. The van der Waals surface area contributed by atoms with Crippen LogP contribution in [-0.4, -0.2) is 47.2 Å². The SMILES string of the molecule is O=C(NC(=S)Nc1nc(-c2ccccc2)cs1)c1ccc(N2CCOCC2)c([N+](=O)[O-])c1. The zero-order valence-corrected chi connectivity index (χ0v) is 18.4. The van der Waals surface area contributed by atoms with Crippen LogP contribution >= 0.6 is 23.6 Å². The molecule has 9 nitrogen and oxygen atoms in total. The molecule has 1 aliphatic rings. The van der Waals surface area contributed by atoms with Crippen LogP contribution in [0.4, 0.5) is 16.5 Å². The molecule has 1 fully saturated rings. The first-order valence-electron chi connectivity index (χ1n) is 9.75. The van der Waals surface area contributed by atoms with Gasteiger partial charge >= 0.3 is 0 Å². The zero-order valence-electron chi connectivity index (χ0n) is 16.8. The van der Waals surface area contributed by atoms with Gasteiger partial charge in [-0.1, -0.05) is 30.3 Å². The fourth-order valence-electron chi connectivity index (χ4n) is 3.26. The van der Waals surface area contributed by atoms with Crippen LogP contribution in [0.25, 0.3) is 11.3 Å². The summed E-state index contributed by atoms with van der Waals surface area (Å²) in [6, 6.07) is 14.1. The van der Waals surface area contributed by atoms with Crippen molar-refractivity contribution in [2.24, 2.45) is 0 Å². The topological polar surface area (TPSA) is 110 Å². The molecule has 0 radical (unpaired) electrons. The fraction of sp³-hybridized carbons (Fsp3) is 0.190. The summed E-state index contributed by atoms with van der Waals surface area (Å²) in [5.74, 6) is -0.543. The van der Waals surface area contributed by atoms with Crippen molar-refractivity contribution in [2.75, 3.05) is 36.5 Å². The van der Waals surface area contributed by atoms with Crippen LogP contribution in [0.5, 0.6) is 0 Å². The smallest absolute Gasteiger partial charge is 0.293 e. The van der Waals surface area contributed by atoms with Gasteiger partial charge in [0, 0.05) is 35.7 Å². The van der Waals surface area contributed by atoms with Crippen LogP contribution in [0, 0.1) is 10.1 Å². The highest BCUT2D eigenvalue weighted by Crippen LogP contribution is 2.30. The number of morpholine rings is 1. The second kappa shape index (κ2) is 9.81. The average Bonchev–Trinajstić information content (AvgIpc) is 3.28. The van der Waals surface area contributed by atoms with Gasteiger partial charge in [0.2, 0.25) is 0 Å². The summed E-state index contributed by atoms with van der Waals surface area (Å²) < 4.78 is 5.30. The number of nitrogens with zero attached hydrogens (tertiary/aromatic N) is 3. The Balaban J connectivity index is 1.43. The maximum Gasteiger partial charge on any atom is 0.293 e. The van der Waals surface area contributed by atoms with E-state index in [0.717, 1.165) is 11.3 Å². The van der Waals surface area contributed by atoms with Crippen LogP contribution < -0.4 is 15.5 Å². The van der Waals surface area contributed by atoms with E-state index in [-0.39, 0.29) is 16.4 Å². The van der Waals surface area contributed by atoms with E-state index in [1.807, 2.05) is 40.6 Å². The number of nitrogens with one attached hydrogen (secondary N) is 2. The Morgan fingerprint density at radius 2 is 1.94 bits per heavy atom. The second-order valence-electron chi connectivity index (χ2n) is 6.87. The number of nitro benzene ring substituents is 1. The number of rotatable bonds is 5. The number of aromatic nitrogens is 1. The quantitative estimate of drug-likeness (QED) is 0.331. The van der Waals surface area contributed by atoms with Gasteiger partial charge < -0.3 is 15.0 Å². The molecule has 1 saturated heterocycles. The Morgan fingerprint density at radius 1 is 1.19 bits per heavy atom.